The maximum atomic E-state index is 5.24. The molecule has 2 unspecified atom stereocenters. The van der Waals surface area contributed by atoms with Crippen LogP contribution in [0.1, 0.15) is 26.7 Å². The highest BCUT2D eigenvalue weighted by Crippen LogP contribution is 2.05. The van der Waals surface area contributed by atoms with E-state index in [9.17, 15) is 0 Å². The first-order chi connectivity index (χ1) is 6.97. The molecule has 0 amide bonds. The molecule has 0 aromatic carbocycles. The maximum absolute atomic E-state index is 5.24. The minimum Gasteiger partial charge on any atom is -0.382 e. The molecule has 0 aromatic heterocycles. The lowest BCUT2D eigenvalue weighted by atomic mass is 10.2. The van der Waals surface area contributed by atoms with E-state index in [1.165, 1.54) is 6.42 Å². The average molecular weight is 216 g/mol. The van der Waals surface area contributed by atoms with Gasteiger partial charge in [0.25, 0.3) is 0 Å². The molecule has 92 valence electrons. The molecular formula is C12H28N2O. The Hall–Kier alpha value is -0.120. The normalized spacial score (nSPS) is 16.0. The first-order valence-electron chi connectivity index (χ1n) is 5.85. The van der Waals surface area contributed by atoms with Crippen LogP contribution in [-0.2, 0) is 4.74 Å². The standard InChI is InChI=1S/C12H28N2O/c1-11(7-9-13(3)4)14(5)10-8-12(2)15-6/h11-12H,7-10H2,1-6H3. The van der Waals surface area contributed by atoms with Crippen LogP contribution in [0.2, 0.25) is 0 Å². The molecule has 0 aliphatic heterocycles. The number of methoxy groups -OCH3 is 1. The highest BCUT2D eigenvalue weighted by atomic mass is 16.5. The van der Waals surface area contributed by atoms with E-state index in [-0.39, 0.29) is 0 Å². The van der Waals surface area contributed by atoms with Gasteiger partial charge < -0.3 is 14.5 Å². The van der Waals surface area contributed by atoms with E-state index in [4.69, 9.17) is 4.74 Å². The summed E-state index contributed by atoms with van der Waals surface area (Å²) in [5, 5.41) is 0. The molecule has 0 aromatic rings. The Labute approximate surface area is 95.4 Å². The Balaban J connectivity index is 3.64. The van der Waals surface area contributed by atoms with Gasteiger partial charge in [0, 0.05) is 19.7 Å². The van der Waals surface area contributed by atoms with Crippen molar-refractivity contribution < 1.29 is 4.74 Å². The third kappa shape index (κ3) is 7.77. The molecule has 0 N–H and O–H groups in total. The molecular weight excluding hydrogens is 188 g/mol. The summed E-state index contributed by atoms with van der Waals surface area (Å²) in [5.74, 6) is 0. The van der Waals surface area contributed by atoms with E-state index in [0.29, 0.717) is 12.1 Å². The summed E-state index contributed by atoms with van der Waals surface area (Å²) in [5.41, 5.74) is 0. The Kier molecular flexibility index (Phi) is 8.02. The predicted octanol–water partition coefficient (Wildman–Crippen LogP) is 1.68. The van der Waals surface area contributed by atoms with E-state index >= 15 is 0 Å². The predicted molar refractivity (Wildman–Crippen MR) is 66.4 cm³/mol. The SMILES string of the molecule is COC(C)CCN(C)C(C)CCN(C)C. The van der Waals surface area contributed by atoms with Crippen molar-refractivity contribution in [1.29, 1.82) is 0 Å². The van der Waals surface area contributed by atoms with Gasteiger partial charge in [-0.2, -0.15) is 0 Å². The van der Waals surface area contributed by atoms with Crippen molar-refractivity contribution in [2.45, 2.75) is 38.8 Å². The second-order valence-corrected chi connectivity index (χ2v) is 4.76. The first-order valence-corrected chi connectivity index (χ1v) is 5.85. The van der Waals surface area contributed by atoms with Gasteiger partial charge in [0.2, 0.25) is 0 Å². The van der Waals surface area contributed by atoms with Gasteiger partial charge in [0.15, 0.2) is 0 Å². The average Bonchev–Trinajstić information content (AvgIpc) is 2.21. The Morgan fingerprint density at radius 1 is 1.00 bits per heavy atom. The minimum absolute atomic E-state index is 0.369. The Morgan fingerprint density at radius 3 is 2.07 bits per heavy atom. The summed E-state index contributed by atoms with van der Waals surface area (Å²) >= 11 is 0. The van der Waals surface area contributed by atoms with Crippen LogP contribution in [0.15, 0.2) is 0 Å². The molecule has 2 atom stereocenters. The van der Waals surface area contributed by atoms with Gasteiger partial charge in [-0.25, -0.2) is 0 Å². The van der Waals surface area contributed by atoms with Gasteiger partial charge in [-0.3, -0.25) is 0 Å². The number of ether oxygens (including phenoxy) is 1. The van der Waals surface area contributed by atoms with E-state index < -0.39 is 0 Å². The highest BCUT2D eigenvalue weighted by molar-refractivity contribution is 4.66. The molecule has 0 rings (SSSR count). The number of rotatable bonds is 8. The van der Waals surface area contributed by atoms with Crippen LogP contribution in [0.5, 0.6) is 0 Å². The summed E-state index contributed by atoms with van der Waals surface area (Å²) in [6.45, 7) is 6.69. The van der Waals surface area contributed by atoms with Crippen molar-refractivity contribution in [3.8, 4) is 0 Å². The lowest BCUT2D eigenvalue weighted by Gasteiger charge is -2.26. The molecule has 0 spiro atoms. The van der Waals surface area contributed by atoms with Crippen molar-refractivity contribution in [3.63, 3.8) is 0 Å². The minimum atomic E-state index is 0.369. The molecule has 3 nitrogen and oxygen atoms in total. The van der Waals surface area contributed by atoms with Gasteiger partial charge in [-0.15, -0.1) is 0 Å². The Morgan fingerprint density at radius 2 is 1.60 bits per heavy atom. The molecule has 0 saturated carbocycles. The molecule has 0 aliphatic carbocycles. The molecule has 0 saturated heterocycles. The summed E-state index contributed by atoms with van der Waals surface area (Å²) in [6, 6.07) is 0.649. The fourth-order valence-corrected chi connectivity index (χ4v) is 1.39. The van der Waals surface area contributed by atoms with E-state index in [1.807, 2.05) is 0 Å². The zero-order chi connectivity index (χ0) is 11.8. The van der Waals surface area contributed by atoms with Crippen LogP contribution in [0.4, 0.5) is 0 Å². The summed E-state index contributed by atoms with van der Waals surface area (Å²) in [6.07, 6.45) is 2.71. The first kappa shape index (κ1) is 14.9. The fourth-order valence-electron chi connectivity index (χ4n) is 1.39. The molecule has 0 heterocycles. The van der Waals surface area contributed by atoms with E-state index in [2.05, 4.69) is 44.8 Å². The molecule has 0 bridgehead atoms. The second-order valence-electron chi connectivity index (χ2n) is 4.76. The summed E-state index contributed by atoms with van der Waals surface area (Å²) < 4.78 is 5.24. The number of hydrogen-bond donors (Lipinski definition) is 0. The highest BCUT2D eigenvalue weighted by Gasteiger charge is 2.10. The van der Waals surface area contributed by atoms with Crippen molar-refractivity contribution in [1.82, 2.24) is 9.80 Å². The molecule has 15 heavy (non-hydrogen) atoms. The zero-order valence-electron chi connectivity index (χ0n) is 11.3. The van der Waals surface area contributed by atoms with Gasteiger partial charge in [-0.1, -0.05) is 0 Å². The third-order valence-corrected chi connectivity index (χ3v) is 3.04. The zero-order valence-corrected chi connectivity index (χ0v) is 11.3. The van der Waals surface area contributed by atoms with Crippen LogP contribution < -0.4 is 0 Å². The van der Waals surface area contributed by atoms with Gasteiger partial charge in [0.1, 0.15) is 0 Å². The van der Waals surface area contributed by atoms with Crippen molar-refractivity contribution in [3.05, 3.63) is 0 Å². The lowest BCUT2D eigenvalue weighted by Crippen LogP contribution is -2.34. The summed E-state index contributed by atoms with van der Waals surface area (Å²) in [4.78, 5) is 4.65. The lowest BCUT2D eigenvalue weighted by molar-refractivity contribution is 0.0945. The van der Waals surface area contributed by atoms with Gasteiger partial charge >= 0.3 is 0 Å². The van der Waals surface area contributed by atoms with Crippen LogP contribution in [0.3, 0.4) is 0 Å². The quantitative estimate of drug-likeness (QED) is 0.614. The van der Waals surface area contributed by atoms with Crippen LogP contribution in [0.25, 0.3) is 0 Å². The van der Waals surface area contributed by atoms with Crippen LogP contribution >= 0.6 is 0 Å². The molecule has 0 radical (unpaired) electrons. The summed E-state index contributed by atoms with van der Waals surface area (Å²) in [7, 11) is 8.22. The fraction of sp³-hybridized carbons (Fsp3) is 1.00. The number of hydrogen-bond acceptors (Lipinski definition) is 3. The van der Waals surface area contributed by atoms with Gasteiger partial charge in [-0.05, 0) is 54.4 Å². The van der Waals surface area contributed by atoms with Crippen molar-refractivity contribution in [2.75, 3.05) is 41.3 Å². The van der Waals surface area contributed by atoms with Crippen molar-refractivity contribution >= 4 is 0 Å². The van der Waals surface area contributed by atoms with E-state index in [1.54, 1.807) is 7.11 Å². The molecule has 0 aliphatic rings. The van der Waals surface area contributed by atoms with Crippen LogP contribution in [0, 0.1) is 0 Å². The van der Waals surface area contributed by atoms with Crippen LogP contribution in [-0.4, -0.2) is 63.3 Å². The maximum Gasteiger partial charge on any atom is 0.0555 e. The monoisotopic (exact) mass is 216 g/mol. The molecule has 0 fully saturated rings. The van der Waals surface area contributed by atoms with Crippen molar-refractivity contribution in [2.24, 2.45) is 0 Å². The van der Waals surface area contributed by atoms with E-state index in [0.717, 1.165) is 19.5 Å². The number of nitrogens with zero attached hydrogens (tertiary/aromatic N) is 2. The second kappa shape index (κ2) is 8.08. The third-order valence-electron chi connectivity index (χ3n) is 3.04. The molecule has 3 heteroatoms. The van der Waals surface area contributed by atoms with Gasteiger partial charge in [0.05, 0.1) is 6.10 Å². The smallest absolute Gasteiger partial charge is 0.0555 e. The Bertz CT molecular complexity index is 151. The largest absolute Gasteiger partial charge is 0.382 e. The topological polar surface area (TPSA) is 15.7 Å².